The standard InChI is InChI=1S/C15H14N2O/c1-3-18-15-7-5-4-6-13(15)14-8-11(2)17-10-12(14)9-16/h4-8,10H,3H2,1-2H3. The van der Waals surface area contributed by atoms with Gasteiger partial charge in [-0.15, -0.1) is 0 Å². The lowest BCUT2D eigenvalue weighted by atomic mass is 10.0. The maximum Gasteiger partial charge on any atom is 0.127 e. The van der Waals surface area contributed by atoms with Gasteiger partial charge in [0, 0.05) is 23.0 Å². The van der Waals surface area contributed by atoms with Gasteiger partial charge in [0.15, 0.2) is 0 Å². The maximum atomic E-state index is 9.16. The molecule has 0 N–H and O–H groups in total. The number of nitrogens with zero attached hydrogens (tertiary/aromatic N) is 2. The van der Waals surface area contributed by atoms with Gasteiger partial charge < -0.3 is 4.74 Å². The lowest BCUT2D eigenvalue weighted by Gasteiger charge is -2.11. The molecule has 0 bridgehead atoms. The highest BCUT2D eigenvalue weighted by molar-refractivity contribution is 5.75. The first-order valence-corrected chi connectivity index (χ1v) is 5.85. The van der Waals surface area contributed by atoms with Crippen LogP contribution in [0.4, 0.5) is 0 Å². The number of benzene rings is 1. The van der Waals surface area contributed by atoms with E-state index in [1.807, 2.05) is 44.2 Å². The van der Waals surface area contributed by atoms with E-state index in [1.54, 1.807) is 6.20 Å². The van der Waals surface area contributed by atoms with Gasteiger partial charge in [-0.2, -0.15) is 5.26 Å². The molecule has 1 heterocycles. The van der Waals surface area contributed by atoms with Crippen LogP contribution in [0.15, 0.2) is 36.5 Å². The van der Waals surface area contributed by atoms with Crippen LogP contribution in [0.5, 0.6) is 5.75 Å². The van der Waals surface area contributed by atoms with E-state index in [0.717, 1.165) is 22.6 Å². The zero-order valence-corrected chi connectivity index (χ0v) is 10.5. The van der Waals surface area contributed by atoms with Crippen molar-refractivity contribution in [3.05, 3.63) is 47.8 Å². The molecule has 0 aliphatic rings. The van der Waals surface area contributed by atoms with E-state index in [0.29, 0.717) is 12.2 Å². The molecule has 1 aromatic heterocycles. The number of rotatable bonds is 3. The lowest BCUT2D eigenvalue weighted by molar-refractivity contribution is 0.341. The van der Waals surface area contributed by atoms with Crippen molar-refractivity contribution in [1.82, 2.24) is 4.98 Å². The second-order valence-corrected chi connectivity index (χ2v) is 3.91. The van der Waals surface area contributed by atoms with Crippen molar-refractivity contribution in [2.75, 3.05) is 6.61 Å². The topological polar surface area (TPSA) is 45.9 Å². The molecule has 0 radical (unpaired) electrons. The lowest BCUT2D eigenvalue weighted by Crippen LogP contribution is -1.96. The predicted octanol–water partition coefficient (Wildman–Crippen LogP) is 3.33. The smallest absolute Gasteiger partial charge is 0.127 e. The zero-order chi connectivity index (χ0) is 13.0. The molecule has 0 spiro atoms. The summed E-state index contributed by atoms with van der Waals surface area (Å²) in [7, 11) is 0. The Morgan fingerprint density at radius 3 is 2.78 bits per heavy atom. The molecule has 3 nitrogen and oxygen atoms in total. The van der Waals surface area contributed by atoms with Gasteiger partial charge in [0.25, 0.3) is 0 Å². The third kappa shape index (κ3) is 2.33. The van der Waals surface area contributed by atoms with E-state index >= 15 is 0 Å². The maximum absolute atomic E-state index is 9.16. The molecule has 0 saturated carbocycles. The third-order valence-electron chi connectivity index (χ3n) is 2.64. The molecule has 2 rings (SSSR count). The van der Waals surface area contributed by atoms with Crippen LogP contribution in [0.3, 0.4) is 0 Å². The SMILES string of the molecule is CCOc1ccccc1-c1cc(C)ncc1C#N. The Morgan fingerprint density at radius 2 is 2.06 bits per heavy atom. The molecule has 0 amide bonds. The average Bonchev–Trinajstić information content (AvgIpc) is 2.40. The molecule has 0 aliphatic heterocycles. The third-order valence-corrected chi connectivity index (χ3v) is 2.64. The second-order valence-electron chi connectivity index (χ2n) is 3.91. The molecule has 2 aromatic rings. The van der Waals surface area contributed by atoms with Crippen LogP contribution in [-0.2, 0) is 0 Å². The summed E-state index contributed by atoms with van der Waals surface area (Å²) in [5.41, 5.74) is 3.25. The largest absolute Gasteiger partial charge is 0.493 e. The number of hydrogen-bond donors (Lipinski definition) is 0. The quantitative estimate of drug-likeness (QED) is 0.824. The Balaban J connectivity index is 2.61. The molecule has 0 fully saturated rings. The summed E-state index contributed by atoms with van der Waals surface area (Å²) in [5, 5.41) is 9.16. The first-order valence-electron chi connectivity index (χ1n) is 5.85. The first kappa shape index (κ1) is 12.1. The van der Waals surface area contributed by atoms with Crippen molar-refractivity contribution >= 4 is 0 Å². The van der Waals surface area contributed by atoms with Gasteiger partial charge in [-0.05, 0) is 26.0 Å². The number of aromatic nitrogens is 1. The summed E-state index contributed by atoms with van der Waals surface area (Å²) in [6.45, 7) is 4.46. The number of aryl methyl sites for hydroxylation is 1. The molecule has 3 heteroatoms. The Morgan fingerprint density at radius 1 is 1.28 bits per heavy atom. The highest BCUT2D eigenvalue weighted by Crippen LogP contribution is 2.32. The Kier molecular flexibility index (Phi) is 3.59. The summed E-state index contributed by atoms with van der Waals surface area (Å²) < 4.78 is 5.60. The fourth-order valence-corrected chi connectivity index (χ4v) is 1.84. The van der Waals surface area contributed by atoms with Crippen molar-refractivity contribution in [1.29, 1.82) is 5.26 Å². The monoisotopic (exact) mass is 238 g/mol. The van der Waals surface area contributed by atoms with Crippen molar-refractivity contribution in [3.63, 3.8) is 0 Å². The summed E-state index contributed by atoms with van der Waals surface area (Å²) in [4.78, 5) is 4.15. The van der Waals surface area contributed by atoms with E-state index in [4.69, 9.17) is 10.00 Å². The van der Waals surface area contributed by atoms with Crippen LogP contribution in [0.25, 0.3) is 11.1 Å². The predicted molar refractivity (Wildman–Crippen MR) is 70.3 cm³/mol. The number of nitriles is 1. The highest BCUT2D eigenvalue weighted by Gasteiger charge is 2.10. The average molecular weight is 238 g/mol. The summed E-state index contributed by atoms with van der Waals surface area (Å²) >= 11 is 0. The molecule has 0 saturated heterocycles. The van der Waals surface area contributed by atoms with Crippen molar-refractivity contribution in [3.8, 4) is 22.9 Å². The number of para-hydroxylation sites is 1. The Bertz CT molecular complexity index is 600. The highest BCUT2D eigenvalue weighted by atomic mass is 16.5. The van der Waals surface area contributed by atoms with Crippen molar-refractivity contribution < 1.29 is 4.74 Å². The van der Waals surface area contributed by atoms with Crippen LogP contribution >= 0.6 is 0 Å². The van der Waals surface area contributed by atoms with Gasteiger partial charge in [0.1, 0.15) is 11.8 Å². The minimum absolute atomic E-state index is 0.563. The minimum Gasteiger partial charge on any atom is -0.493 e. The summed E-state index contributed by atoms with van der Waals surface area (Å²) in [6.07, 6.45) is 1.60. The number of hydrogen-bond acceptors (Lipinski definition) is 3. The molecule has 18 heavy (non-hydrogen) atoms. The van der Waals surface area contributed by atoms with Gasteiger partial charge in [-0.3, -0.25) is 4.98 Å². The fourth-order valence-electron chi connectivity index (χ4n) is 1.84. The molecule has 90 valence electrons. The second kappa shape index (κ2) is 5.33. The van der Waals surface area contributed by atoms with Gasteiger partial charge in [-0.25, -0.2) is 0 Å². The van der Waals surface area contributed by atoms with Crippen molar-refractivity contribution in [2.45, 2.75) is 13.8 Å². The molecule has 1 aromatic carbocycles. The molecular weight excluding hydrogens is 224 g/mol. The molecular formula is C15H14N2O. The Labute approximate surface area is 107 Å². The van der Waals surface area contributed by atoms with Crippen LogP contribution in [0.2, 0.25) is 0 Å². The van der Waals surface area contributed by atoms with Crippen LogP contribution in [-0.4, -0.2) is 11.6 Å². The van der Waals surface area contributed by atoms with Crippen LogP contribution < -0.4 is 4.74 Å². The molecule has 0 unspecified atom stereocenters. The van der Waals surface area contributed by atoms with E-state index < -0.39 is 0 Å². The molecule has 0 atom stereocenters. The fraction of sp³-hybridized carbons (Fsp3) is 0.200. The summed E-state index contributed by atoms with van der Waals surface area (Å²) in [6, 6.07) is 11.8. The van der Waals surface area contributed by atoms with Crippen LogP contribution in [0.1, 0.15) is 18.2 Å². The minimum atomic E-state index is 0.563. The van der Waals surface area contributed by atoms with Gasteiger partial charge >= 0.3 is 0 Å². The summed E-state index contributed by atoms with van der Waals surface area (Å²) in [5.74, 6) is 0.794. The van der Waals surface area contributed by atoms with E-state index in [2.05, 4.69) is 11.1 Å². The van der Waals surface area contributed by atoms with E-state index in [-0.39, 0.29) is 0 Å². The number of ether oxygens (including phenoxy) is 1. The van der Waals surface area contributed by atoms with Crippen molar-refractivity contribution in [2.24, 2.45) is 0 Å². The zero-order valence-electron chi connectivity index (χ0n) is 10.5. The number of pyridine rings is 1. The van der Waals surface area contributed by atoms with E-state index in [1.165, 1.54) is 0 Å². The first-order chi connectivity index (χ1) is 8.76. The molecule has 0 aliphatic carbocycles. The van der Waals surface area contributed by atoms with Gasteiger partial charge in [0.2, 0.25) is 0 Å². The Hall–Kier alpha value is -2.34. The van der Waals surface area contributed by atoms with Gasteiger partial charge in [0.05, 0.1) is 12.2 Å². The normalized spacial score (nSPS) is 9.83. The van der Waals surface area contributed by atoms with Crippen LogP contribution in [0, 0.1) is 18.3 Å². The van der Waals surface area contributed by atoms with E-state index in [9.17, 15) is 0 Å². The van der Waals surface area contributed by atoms with Gasteiger partial charge in [-0.1, -0.05) is 18.2 Å².